The van der Waals surface area contributed by atoms with Gasteiger partial charge in [-0.25, -0.2) is 4.39 Å². The monoisotopic (exact) mass is 329 g/mol. The summed E-state index contributed by atoms with van der Waals surface area (Å²) in [5.41, 5.74) is 3.13. The first-order chi connectivity index (χ1) is 11.7. The van der Waals surface area contributed by atoms with Gasteiger partial charge >= 0.3 is 0 Å². The molecule has 1 unspecified atom stereocenters. The summed E-state index contributed by atoms with van der Waals surface area (Å²) in [6.07, 6.45) is 2.68. The molecule has 0 bridgehead atoms. The van der Waals surface area contributed by atoms with Gasteiger partial charge in [-0.1, -0.05) is 30.3 Å². The number of halogens is 1. The molecule has 1 atom stereocenters. The van der Waals surface area contributed by atoms with Gasteiger partial charge in [-0.3, -0.25) is 4.90 Å². The van der Waals surface area contributed by atoms with E-state index in [-0.39, 0.29) is 11.6 Å². The van der Waals surface area contributed by atoms with E-state index in [4.69, 9.17) is 9.47 Å². The van der Waals surface area contributed by atoms with Gasteiger partial charge in [0, 0.05) is 20.2 Å². The maximum Gasteiger partial charge on any atom is 0.165 e. The summed E-state index contributed by atoms with van der Waals surface area (Å²) in [5, 5.41) is 0. The molecule has 3 rings (SSSR count). The van der Waals surface area contributed by atoms with Crippen molar-refractivity contribution in [1.29, 1.82) is 0 Å². The maximum absolute atomic E-state index is 13.9. The van der Waals surface area contributed by atoms with Crippen LogP contribution in [0.25, 0.3) is 11.1 Å². The standard InChI is InChI=1S/C20H24FNO2/c1-23-18-4-3-11-22(14-18)13-15-5-7-16(8-6-15)17-9-10-20(24-2)19(21)12-17/h5-10,12,18H,3-4,11,13-14H2,1-2H3. The molecule has 24 heavy (non-hydrogen) atoms. The summed E-state index contributed by atoms with van der Waals surface area (Å²) >= 11 is 0. The van der Waals surface area contributed by atoms with E-state index in [9.17, 15) is 4.39 Å². The molecule has 4 heteroatoms. The van der Waals surface area contributed by atoms with Crippen molar-refractivity contribution in [3.8, 4) is 16.9 Å². The molecule has 2 aromatic rings. The molecular weight excluding hydrogens is 305 g/mol. The molecular formula is C20H24FNO2. The van der Waals surface area contributed by atoms with Crippen LogP contribution >= 0.6 is 0 Å². The molecule has 128 valence electrons. The average molecular weight is 329 g/mol. The molecule has 1 saturated heterocycles. The largest absolute Gasteiger partial charge is 0.494 e. The smallest absolute Gasteiger partial charge is 0.165 e. The van der Waals surface area contributed by atoms with Gasteiger partial charge in [0.05, 0.1) is 13.2 Å². The van der Waals surface area contributed by atoms with Gasteiger partial charge in [0.15, 0.2) is 11.6 Å². The highest BCUT2D eigenvalue weighted by Crippen LogP contribution is 2.26. The first-order valence-electron chi connectivity index (χ1n) is 8.37. The Morgan fingerprint density at radius 1 is 1.08 bits per heavy atom. The number of hydrogen-bond donors (Lipinski definition) is 0. The fraction of sp³-hybridized carbons (Fsp3) is 0.400. The van der Waals surface area contributed by atoms with E-state index in [1.165, 1.54) is 25.2 Å². The van der Waals surface area contributed by atoms with Gasteiger partial charge in [-0.05, 0) is 48.2 Å². The molecule has 1 fully saturated rings. The number of likely N-dealkylation sites (tertiary alicyclic amines) is 1. The number of benzene rings is 2. The second-order valence-corrected chi connectivity index (χ2v) is 6.28. The Labute approximate surface area is 143 Å². The number of methoxy groups -OCH3 is 2. The highest BCUT2D eigenvalue weighted by molar-refractivity contribution is 5.64. The van der Waals surface area contributed by atoms with E-state index < -0.39 is 0 Å². The first-order valence-corrected chi connectivity index (χ1v) is 8.37. The number of nitrogens with zero attached hydrogens (tertiary/aromatic N) is 1. The zero-order valence-electron chi connectivity index (χ0n) is 14.3. The van der Waals surface area contributed by atoms with Crippen molar-refractivity contribution in [2.45, 2.75) is 25.5 Å². The van der Waals surface area contributed by atoms with Crippen molar-refractivity contribution < 1.29 is 13.9 Å². The van der Waals surface area contributed by atoms with E-state index in [0.29, 0.717) is 6.10 Å². The molecule has 2 aromatic carbocycles. The number of ether oxygens (including phenoxy) is 2. The molecule has 1 aliphatic heterocycles. The van der Waals surface area contributed by atoms with Crippen LogP contribution in [0.15, 0.2) is 42.5 Å². The van der Waals surface area contributed by atoms with Gasteiger partial charge < -0.3 is 9.47 Å². The van der Waals surface area contributed by atoms with Crippen LogP contribution in [0.1, 0.15) is 18.4 Å². The summed E-state index contributed by atoms with van der Waals surface area (Å²) in [5.74, 6) is -0.0637. The molecule has 0 aliphatic carbocycles. The minimum Gasteiger partial charge on any atom is -0.494 e. The average Bonchev–Trinajstić information content (AvgIpc) is 2.62. The van der Waals surface area contributed by atoms with Crippen LogP contribution in [0.5, 0.6) is 5.75 Å². The Morgan fingerprint density at radius 2 is 1.83 bits per heavy atom. The molecule has 3 nitrogen and oxygen atoms in total. The third-order valence-corrected chi connectivity index (χ3v) is 4.64. The van der Waals surface area contributed by atoms with Gasteiger partial charge in [0.1, 0.15) is 0 Å². The van der Waals surface area contributed by atoms with Crippen molar-refractivity contribution >= 4 is 0 Å². The lowest BCUT2D eigenvalue weighted by Crippen LogP contribution is -2.38. The highest BCUT2D eigenvalue weighted by Gasteiger charge is 2.19. The van der Waals surface area contributed by atoms with Crippen molar-refractivity contribution in [3.63, 3.8) is 0 Å². The number of hydrogen-bond acceptors (Lipinski definition) is 3. The zero-order chi connectivity index (χ0) is 16.9. The molecule has 0 N–H and O–H groups in total. The molecule has 0 aromatic heterocycles. The van der Waals surface area contributed by atoms with Crippen LogP contribution in [-0.4, -0.2) is 38.3 Å². The molecule has 0 saturated carbocycles. The Morgan fingerprint density at radius 3 is 2.50 bits per heavy atom. The van der Waals surface area contributed by atoms with Gasteiger partial charge in [-0.2, -0.15) is 0 Å². The predicted octanol–water partition coefficient (Wildman–Crippen LogP) is 4.11. The molecule has 0 radical (unpaired) electrons. The van der Waals surface area contributed by atoms with E-state index >= 15 is 0 Å². The summed E-state index contributed by atoms with van der Waals surface area (Å²) in [4.78, 5) is 2.43. The normalized spacial score (nSPS) is 18.5. The van der Waals surface area contributed by atoms with Gasteiger partial charge in [0.25, 0.3) is 0 Å². The fourth-order valence-corrected chi connectivity index (χ4v) is 3.26. The first kappa shape index (κ1) is 16.9. The lowest BCUT2D eigenvalue weighted by atomic mass is 10.0. The quantitative estimate of drug-likeness (QED) is 0.824. The highest BCUT2D eigenvalue weighted by atomic mass is 19.1. The Bertz CT molecular complexity index is 672. The van der Waals surface area contributed by atoms with E-state index in [0.717, 1.165) is 37.2 Å². The Kier molecular flexibility index (Phi) is 5.48. The van der Waals surface area contributed by atoms with Crippen molar-refractivity contribution in [2.75, 3.05) is 27.3 Å². The summed E-state index contributed by atoms with van der Waals surface area (Å²) in [6, 6.07) is 13.4. The zero-order valence-corrected chi connectivity index (χ0v) is 14.3. The van der Waals surface area contributed by atoms with E-state index in [1.807, 2.05) is 18.2 Å². The predicted molar refractivity (Wildman–Crippen MR) is 93.7 cm³/mol. The Balaban J connectivity index is 1.68. The minimum absolute atomic E-state index is 0.271. The maximum atomic E-state index is 13.9. The van der Waals surface area contributed by atoms with Crippen LogP contribution < -0.4 is 4.74 Å². The van der Waals surface area contributed by atoms with Crippen molar-refractivity contribution in [2.24, 2.45) is 0 Å². The third-order valence-electron chi connectivity index (χ3n) is 4.64. The molecule has 0 spiro atoms. The lowest BCUT2D eigenvalue weighted by Gasteiger charge is -2.31. The van der Waals surface area contributed by atoms with Crippen LogP contribution in [0.4, 0.5) is 4.39 Å². The van der Waals surface area contributed by atoms with E-state index in [2.05, 4.69) is 17.0 Å². The minimum atomic E-state index is -0.335. The SMILES string of the molecule is COc1ccc(-c2ccc(CN3CCCC(OC)C3)cc2)cc1F. The number of piperidine rings is 1. The summed E-state index contributed by atoms with van der Waals surface area (Å²) in [6.45, 7) is 3.03. The second-order valence-electron chi connectivity index (χ2n) is 6.28. The van der Waals surface area contributed by atoms with Crippen LogP contribution in [0, 0.1) is 5.82 Å². The summed E-state index contributed by atoms with van der Waals surface area (Å²) in [7, 11) is 3.26. The fourth-order valence-electron chi connectivity index (χ4n) is 3.26. The molecule has 1 heterocycles. The van der Waals surface area contributed by atoms with Gasteiger partial charge in [-0.15, -0.1) is 0 Å². The lowest BCUT2D eigenvalue weighted by molar-refractivity contribution is 0.0285. The molecule has 1 aliphatic rings. The topological polar surface area (TPSA) is 21.7 Å². The van der Waals surface area contributed by atoms with Crippen LogP contribution in [-0.2, 0) is 11.3 Å². The van der Waals surface area contributed by atoms with E-state index in [1.54, 1.807) is 13.2 Å². The second kappa shape index (κ2) is 7.77. The van der Waals surface area contributed by atoms with Crippen molar-refractivity contribution in [3.05, 3.63) is 53.8 Å². The Hall–Kier alpha value is -1.91. The molecule has 0 amide bonds. The third kappa shape index (κ3) is 3.94. The van der Waals surface area contributed by atoms with Crippen LogP contribution in [0.2, 0.25) is 0 Å². The van der Waals surface area contributed by atoms with Gasteiger partial charge in [0.2, 0.25) is 0 Å². The summed E-state index contributed by atoms with van der Waals surface area (Å²) < 4.78 is 24.3. The number of rotatable bonds is 5. The van der Waals surface area contributed by atoms with Crippen molar-refractivity contribution in [1.82, 2.24) is 4.90 Å². The van der Waals surface area contributed by atoms with Crippen LogP contribution in [0.3, 0.4) is 0 Å².